The van der Waals surface area contributed by atoms with Crippen LogP contribution in [0.25, 0.3) is 0 Å². The molecule has 0 bridgehead atoms. The summed E-state index contributed by atoms with van der Waals surface area (Å²) in [6, 6.07) is 0. The average Bonchev–Trinajstić information content (AvgIpc) is 2.58. The van der Waals surface area contributed by atoms with E-state index < -0.39 is 0 Å². The third kappa shape index (κ3) is 4.82. The maximum absolute atomic E-state index is 11.0. The fourth-order valence-corrected chi connectivity index (χ4v) is 1.22. The average molecular weight is 238 g/mol. The lowest BCUT2D eigenvalue weighted by Gasteiger charge is -1.97. The van der Waals surface area contributed by atoms with Gasteiger partial charge in [0.1, 0.15) is 5.76 Å². The van der Waals surface area contributed by atoms with Crippen molar-refractivity contribution in [1.82, 2.24) is 10.3 Å². The van der Waals surface area contributed by atoms with Gasteiger partial charge in [-0.3, -0.25) is 0 Å². The largest absolute Gasteiger partial charge is 0.463 e. The summed E-state index contributed by atoms with van der Waals surface area (Å²) in [5.41, 5.74) is 0.906. The molecule has 0 atom stereocenters. The van der Waals surface area contributed by atoms with Crippen LogP contribution in [0.5, 0.6) is 0 Å². The van der Waals surface area contributed by atoms with Crippen LogP contribution in [0.3, 0.4) is 0 Å². The molecule has 0 amide bonds. The number of nitrogens with zero attached hydrogens (tertiary/aromatic N) is 1. The summed E-state index contributed by atoms with van der Waals surface area (Å²) in [7, 11) is 0. The Morgan fingerprint density at radius 1 is 1.53 bits per heavy atom. The first-order valence-corrected chi connectivity index (χ1v) is 5.60. The monoisotopic (exact) mass is 238 g/mol. The second-order valence-corrected chi connectivity index (χ2v) is 3.53. The molecule has 1 heterocycles. The molecule has 0 saturated carbocycles. The first-order valence-electron chi connectivity index (χ1n) is 5.60. The van der Waals surface area contributed by atoms with E-state index in [2.05, 4.69) is 10.3 Å². The lowest BCUT2D eigenvalue weighted by atomic mass is 10.4. The van der Waals surface area contributed by atoms with Crippen LogP contribution in [-0.2, 0) is 16.1 Å². The molecule has 0 aliphatic heterocycles. The van der Waals surface area contributed by atoms with Gasteiger partial charge < -0.3 is 14.5 Å². The number of nitrogens with one attached hydrogen (secondary N) is 1. The van der Waals surface area contributed by atoms with E-state index in [9.17, 15) is 4.79 Å². The highest BCUT2D eigenvalue weighted by molar-refractivity contribution is 5.81. The summed E-state index contributed by atoms with van der Waals surface area (Å²) in [6.07, 6.45) is 3.11. The molecule has 5 heteroatoms. The van der Waals surface area contributed by atoms with E-state index in [0.29, 0.717) is 25.6 Å². The van der Waals surface area contributed by atoms with Crippen LogP contribution in [0.1, 0.15) is 24.3 Å². The molecule has 94 valence electrons. The maximum atomic E-state index is 11.0. The Kier molecular flexibility index (Phi) is 5.42. The Balaban J connectivity index is 2.22. The standard InChI is InChI=1S/C12H18N2O3/c1-4-16-12(15)6-5-7-13-8-11-14-9(2)10(3)17-11/h5-6,13H,4,7-8H2,1-3H3/b6-5+. The van der Waals surface area contributed by atoms with Crippen LogP contribution in [-0.4, -0.2) is 24.1 Å². The smallest absolute Gasteiger partial charge is 0.330 e. The lowest BCUT2D eigenvalue weighted by Crippen LogP contribution is -2.13. The number of rotatable bonds is 6. The Morgan fingerprint density at radius 3 is 2.88 bits per heavy atom. The molecule has 1 rings (SSSR count). The Hall–Kier alpha value is -1.62. The predicted molar refractivity (Wildman–Crippen MR) is 63.5 cm³/mol. The summed E-state index contributed by atoms with van der Waals surface area (Å²) >= 11 is 0. The van der Waals surface area contributed by atoms with Gasteiger partial charge in [0, 0.05) is 12.6 Å². The van der Waals surface area contributed by atoms with Crippen LogP contribution in [0.2, 0.25) is 0 Å². The highest BCUT2D eigenvalue weighted by atomic mass is 16.5. The molecule has 0 aliphatic carbocycles. The third-order valence-electron chi connectivity index (χ3n) is 2.15. The number of oxazole rings is 1. The van der Waals surface area contributed by atoms with Gasteiger partial charge in [-0.05, 0) is 20.8 Å². The van der Waals surface area contributed by atoms with Crippen LogP contribution in [0, 0.1) is 13.8 Å². The first-order chi connectivity index (χ1) is 8.13. The molecule has 0 saturated heterocycles. The van der Waals surface area contributed by atoms with Crippen LogP contribution in [0.4, 0.5) is 0 Å². The van der Waals surface area contributed by atoms with Gasteiger partial charge in [-0.15, -0.1) is 0 Å². The van der Waals surface area contributed by atoms with Gasteiger partial charge in [0.05, 0.1) is 18.8 Å². The first kappa shape index (κ1) is 13.4. The second kappa shape index (κ2) is 6.85. The zero-order valence-electron chi connectivity index (χ0n) is 10.4. The van der Waals surface area contributed by atoms with E-state index in [1.165, 1.54) is 6.08 Å². The zero-order chi connectivity index (χ0) is 12.7. The van der Waals surface area contributed by atoms with Crippen molar-refractivity contribution < 1.29 is 13.9 Å². The lowest BCUT2D eigenvalue weighted by molar-refractivity contribution is -0.137. The molecule has 0 aliphatic rings. The summed E-state index contributed by atoms with van der Waals surface area (Å²) in [6.45, 7) is 7.07. The van der Waals surface area contributed by atoms with Crippen molar-refractivity contribution in [3.8, 4) is 0 Å². The van der Waals surface area contributed by atoms with E-state index in [4.69, 9.17) is 9.15 Å². The summed E-state index contributed by atoms with van der Waals surface area (Å²) in [5.74, 6) is 1.17. The number of hydrogen-bond acceptors (Lipinski definition) is 5. The highest BCUT2D eigenvalue weighted by Gasteiger charge is 2.03. The number of ether oxygens (including phenoxy) is 1. The summed E-state index contributed by atoms with van der Waals surface area (Å²) in [5, 5.41) is 3.09. The van der Waals surface area contributed by atoms with E-state index in [1.807, 2.05) is 13.8 Å². The molecular formula is C12H18N2O3. The van der Waals surface area contributed by atoms with Crippen molar-refractivity contribution >= 4 is 5.97 Å². The number of aromatic nitrogens is 1. The van der Waals surface area contributed by atoms with Crippen molar-refractivity contribution in [3.63, 3.8) is 0 Å². The molecule has 5 nitrogen and oxygen atoms in total. The van der Waals surface area contributed by atoms with E-state index in [-0.39, 0.29) is 5.97 Å². The molecule has 0 fully saturated rings. The van der Waals surface area contributed by atoms with Crippen LogP contribution >= 0.6 is 0 Å². The molecule has 0 spiro atoms. The zero-order valence-corrected chi connectivity index (χ0v) is 10.4. The number of carbonyl (C=O) groups excluding carboxylic acids is 1. The van der Waals surface area contributed by atoms with Crippen molar-refractivity contribution in [1.29, 1.82) is 0 Å². The quantitative estimate of drug-likeness (QED) is 0.462. The molecule has 0 radical (unpaired) electrons. The van der Waals surface area contributed by atoms with Crippen molar-refractivity contribution in [2.75, 3.05) is 13.2 Å². The van der Waals surface area contributed by atoms with Crippen molar-refractivity contribution in [2.45, 2.75) is 27.3 Å². The minimum Gasteiger partial charge on any atom is -0.463 e. The summed E-state index contributed by atoms with van der Waals surface area (Å²) < 4.78 is 10.1. The Labute approximate surface area is 101 Å². The van der Waals surface area contributed by atoms with Gasteiger partial charge in [0.15, 0.2) is 0 Å². The van der Waals surface area contributed by atoms with E-state index >= 15 is 0 Å². The molecule has 0 aromatic carbocycles. The fourth-order valence-electron chi connectivity index (χ4n) is 1.22. The predicted octanol–water partition coefficient (Wildman–Crippen LogP) is 1.50. The normalized spacial score (nSPS) is 11.0. The second-order valence-electron chi connectivity index (χ2n) is 3.53. The third-order valence-corrected chi connectivity index (χ3v) is 2.15. The van der Waals surface area contributed by atoms with Gasteiger partial charge in [0.2, 0.25) is 5.89 Å². The van der Waals surface area contributed by atoms with Gasteiger partial charge in [-0.1, -0.05) is 6.08 Å². The van der Waals surface area contributed by atoms with Gasteiger partial charge in [0.25, 0.3) is 0 Å². The number of hydrogen-bond donors (Lipinski definition) is 1. The molecule has 1 aromatic heterocycles. The Bertz CT molecular complexity index is 377. The Morgan fingerprint density at radius 2 is 2.29 bits per heavy atom. The highest BCUT2D eigenvalue weighted by Crippen LogP contribution is 2.07. The molecule has 1 N–H and O–H groups in total. The minimum atomic E-state index is -0.322. The number of carbonyl (C=O) groups is 1. The van der Waals surface area contributed by atoms with Gasteiger partial charge >= 0.3 is 5.97 Å². The van der Waals surface area contributed by atoms with Crippen molar-refractivity contribution in [3.05, 3.63) is 29.5 Å². The minimum absolute atomic E-state index is 0.322. The molecule has 1 aromatic rings. The molecule has 0 unspecified atom stereocenters. The SMILES string of the molecule is CCOC(=O)/C=C/CNCc1nc(C)c(C)o1. The van der Waals surface area contributed by atoms with Crippen LogP contribution < -0.4 is 5.32 Å². The molecule has 17 heavy (non-hydrogen) atoms. The van der Waals surface area contributed by atoms with E-state index in [0.717, 1.165) is 11.5 Å². The maximum Gasteiger partial charge on any atom is 0.330 e. The topological polar surface area (TPSA) is 64.4 Å². The fraction of sp³-hybridized carbons (Fsp3) is 0.500. The number of esters is 1. The van der Waals surface area contributed by atoms with Gasteiger partial charge in [-0.2, -0.15) is 0 Å². The summed E-state index contributed by atoms with van der Waals surface area (Å²) in [4.78, 5) is 15.2. The van der Waals surface area contributed by atoms with Gasteiger partial charge in [-0.25, -0.2) is 9.78 Å². The van der Waals surface area contributed by atoms with Crippen molar-refractivity contribution in [2.24, 2.45) is 0 Å². The number of aryl methyl sites for hydroxylation is 2. The van der Waals surface area contributed by atoms with Crippen LogP contribution in [0.15, 0.2) is 16.6 Å². The van der Waals surface area contributed by atoms with E-state index in [1.54, 1.807) is 13.0 Å². The molecular weight excluding hydrogens is 220 g/mol.